The van der Waals surface area contributed by atoms with E-state index >= 15 is 0 Å². The minimum Gasteiger partial charge on any atom is -0.301 e. The topological polar surface area (TPSA) is 90.9 Å². The van der Waals surface area contributed by atoms with Gasteiger partial charge in [-0.2, -0.15) is 5.10 Å². The summed E-state index contributed by atoms with van der Waals surface area (Å²) >= 11 is 5.10. The van der Waals surface area contributed by atoms with E-state index in [4.69, 9.17) is 12.2 Å². The van der Waals surface area contributed by atoms with Crippen molar-refractivity contribution in [1.82, 2.24) is 10.7 Å². The molecule has 0 bridgehead atoms. The van der Waals surface area contributed by atoms with Crippen molar-refractivity contribution in [2.24, 2.45) is 11.0 Å². The predicted octanol–water partition coefficient (Wildman–Crippen LogP) is 1.91. The fraction of sp³-hybridized carbons (Fsp3) is 0.105. The van der Waals surface area contributed by atoms with Crippen molar-refractivity contribution in [3.05, 3.63) is 65.5 Å². The maximum absolute atomic E-state index is 13.6. The zero-order valence-corrected chi connectivity index (χ0v) is 15.5. The first kappa shape index (κ1) is 19.3. The molecule has 1 aliphatic rings. The van der Waals surface area contributed by atoms with Crippen molar-refractivity contribution < 1.29 is 18.8 Å². The lowest BCUT2D eigenvalue weighted by atomic mass is 10.1. The van der Waals surface area contributed by atoms with E-state index in [1.807, 2.05) is 6.92 Å². The molecule has 1 saturated heterocycles. The number of halogens is 1. The highest BCUT2D eigenvalue weighted by Crippen LogP contribution is 2.20. The smallest absolute Gasteiger partial charge is 0.274 e. The molecule has 9 heteroatoms. The van der Waals surface area contributed by atoms with Crippen LogP contribution in [0.2, 0.25) is 0 Å². The van der Waals surface area contributed by atoms with Gasteiger partial charge in [-0.15, -0.1) is 0 Å². The molecule has 3 amide bonds. The fourth-order valence-electron chi connectivity index (χ4n) is 2.54. The normalized spacial score (nSPS) is 17.0. The van der Waals surface area contributed by atoms with Crippen LogP contribution >= 0.6 is 12.2 Å². The molecule has 2 N–H and O–H groups in total. The highest BCUT2D eigenvalue weighted by molar-refractivity contribution is 7.80. The number of anilines is 1. The molecule has 1 atom stereocenters. The zero-order valence-electron chi connectivity index (χ0n) is 14.7. The van der Waals surface area contributed by atoms with Gasteiger partial charge in [0.25, 0.3) is 11.8 Å². The van der Waals surface area contributed by atoms with Crippen molar-refractivity contribution in [3.8, 4) is 0 Å². The molecule has 2 aromatic rings. The molecule has 1 aliphatic heterocycles. The largest absolute Gasteiger partial charge is 0.301 e. The summed E-state index contributed by atoms with van der Waals surface area (Å²) in [5.74, 6) is -4.08. The van der Waals surface area contributed by atoms with Crippen molar-refractivity contribution in [1.29, 1.82) is 0 Å². The van der Waals surface area contributed by atoms with Gasteiger partial charge < -0.3 is 5.32 Å². The highest BCUT2D eigenvalue weighted by atomic mass is 32.1. The summed E-state index contributed by atoms with van der Waals surface area (Å²) in [5.41, 5.74) is 3.39. The van der Waals surface area contributed by atoms with Gasteiger partial charge in [-0.25, -0.2) is 9.82 Å². The Hall–Kier alpha value is -3.46. The van der Waals surface area contributed by atoms with Gasteiger partial charge in [-0.05, 0) is 43.4 Å². The second-order valence-corrected chi connectivity index (χ2v) is 6.37. The number of benzene rings is 2. The number of nitrogens with zero attached hydrogens (tertiary/aromatic N) is 2. The Labute approximate surface area is 165 Å². The van der Waals surface area contributed by atoms with Crippen LogP contribution in [-0.2, 0) is 9.59 Å². The third-order valence-corrected chi connectivity index (χ3v) is 4.29. The Balaban J connectivity index is 1.76. The lowest BCUT2D eigenvalue weighted by Crippen LogP contribution is -2.58. The molecule has 7 nitrogen and oxygen atoms in total. The summed E-state index contributed by atoms with van der Waals surface area (Å²) in [7, 11) is 0. The van der Waals surface area contributed by atoms with Gasteiger partial charge in [0, 0.05) is 6.21 Å². The first-order valence-electron chi connectivity index (χ1n) is 8.22. The van der Waals surface area contributed by atoms with Crippen LogP contribution in [-0.4, -0.2) is 29.0 Å². The molecule has 142 valence electrons. The standard InChI is InChI=1S/C19H15FN4O3S/c1-11-6-8-12(9-7-11)24-18(27)14(16(25)22-19(24)28)10-21-23-17(26)13-4-2-3-5-15(13)20/h2-10,14H,1H3,(H,23,26)(H,22,25,28)/b21-10+/t14-/m1/s1. The molecule has 1 fully saturated rings. The number of rotatable bonds is 4. The number of carbonyl (C=O) groups excluding carboxylic acids is 3. The Morgan fingerprint density at radius 1 is 1.21 bits per heavy atom. The summed E-state index contributed by atoms with van der Waals surface area (Å²) in [6.45, 7) is 1.90. The molecular weight excluding hydrogens is 383 g/mol. The number of thiocarbonyl (C=S) groups is 1. The molecular formula is C19H15FN4O3S. The number of hydrogen-bond acceptors (Lipinski definition) is 5. The monoisotopic (exact) mass is 398 g/mol. The number of carbonyl (C=O) groups is 3. The van der Waals surface area contributed by atoms with Gasteiger partial charge >= 0.3 is 0 Å². The van der Waals surface area contributed by atoms with Gasteiger partial charge in [-0.1, -0.05) is 29.8 Å². The van der Waals surface area contributed by atoms with Crippen LogP contribution in [0, 0.1) is 18.7 Å². The number of aryl methyl sites for hydroxylation is 1. The van der Waals surface area contributed by atoms with E-state index in [2.05, 4.69) is 15.8 Å². The van der Waals surface area contributed by atoms with Crippen LogP contribution in [0.1, 0.15) is 15.9 Å². The number of hydrazone groups is 1. The Morgan fingerprint density at radius 3 is 2.57 bits per heavy atom. The van der Waals surface area contributed by atoms with E-state index in [-0.39, 0.29) is 10.7 Å². The fourth-order valence-corrected chi connectivity index (χ4v) is 2.83. The maximum atomic E-state index is 13.6. The average molecular weight is 398 g/mol. The molecule has 0 radical (unpaired) electrons. The van der Waals surface area contributed by atoms with E-state index in [1.54, 1.807) is 24.3 Å². The van der Waals surface area contributed by atoms with Gasteiger partial charge in [0.2, 0.25) is 5.91 Å². The zero-order chi connectivity index (χ0) is 20.3. The van der Waals surface area contributed by atoms with Crippen LogP contribution in [0.15, 0.2) is 53.6 Å². The minimum absolute atomic E-state index is 0.0427. The third kappa shape index (κ3) is 3.94. The van der Waals surface area contributed by atoms with E-state index < -0.39 is 29.5 Å². The molecule has 0 aliphatic carbocycles. The van der Waals surface area contributed by atoms with E-state index in [0.29, 0.717) is 5.69 Å². The van der Waals surface area contributed by atoms with Crippen LogP contribution in [0.3, 0.4) is 0 Å². The Kier molecular flexibility index (Phi) is 5.55. The van der Waals surface area contributed by atoms with Crippen LogP contribution < -0.4 is 15.6 Å². The summed E-state index contributed by atoms with van der Waals surface area (Å²) in [4.78, 5) is 38.0. The number of amides is 3. The lowest BCUT2D eigenvalue weighted by molar-refractivity contribution is -0.130. The van der Waals surface area contributed by atoms with E-state index in [0.717, 1.165) is 17.8 Å². The summed E-state index contributed by atoms with van der Waals surface area (Å²) in [6.07, 6.45) is 0.985. The van der Waals surface area contributed by atoms with Gasteiger partial charge in [0.15, 0.2) is 11.0 Å². The van der Waals surface area contributed by atoms with Crippen molar-refractivity contribution in [2.75, 3.05) is 4.90 Å². The second-order valence-electron chi connectivity index (χ2n) is 5.98. The summed E-state index contributed by atoms with van der Waals surface area (Å²) in [6, 6.07) is 12.4. The van der Waals surface area contributed by atoms with Crippen molar-refractivity contribution in [3.63, 3.8) is 0 Å². The van der Waals surface area contributed by atoms with Gasteiger partial charge in [0.05, 0.1) is 11.3 Å². The average Bonchev–Trinajstić information content (AvgIpc) is 2.66. The van der Waals surface area contributed by atoms with Crippen LogP contribution in [0.5, 0.6) is 0 Å². The third-order valence-electron chi connectivity index (χ3n) is 4.00. The molecule has 0 saturated carbocycles. The van der Waals surface area contributed by atoms with Gasteiger partial charge in [-0.3, -0.25) is 19.3 Å². The second kappa shape index (κ2) is 8.05. The van der Waals surface area contributed by atoms with E-state index in [1.165, 1.54) is 23.1 Å². The van der Waals surface area contributed by atoms with E-state index in [9.17, 15) is 18.8 Å². The maximum Gasteiger partial charge on any atom is 0.274 e. The lowest BCUT2D eigenvalue weighted by Gasteiger charge is -2.30. The Bertz CT molecular complexity index is 991. The van der Waals surface area contributed by atoms with Gasteiger partial charge in [0.1, 0.15) is 5.82 Å². The quantitative estimate of drug-likeness (QED) is 0.356. The summed E-state index contributed by atoms with van der Waals surface area (Å²) in [5, 5.41) is 6.03. The van der Waals surface area contributed by atoms with Crippen LogP contribution in [0.25, 0.3) is 0 Å². The molecule has 28 heavy (non-hydrogen) atoms. The van der Waals surface area contributed by atoms with Crippen LogP contribution in [0.4, 0.5) is 10.1 Å². The molecule has 0 spiro atoms. The molecule has 3 rings (SSSR count). The SMILES string of the molecule is Cc1ccc(N2C(=O)[C@H](/C=N/NC(=O)c3ccccc3F)C(=O)NC2=S)cc1. The molecule has 0 unspecified atom stereocenters. The summed E-state index contributed by atoms with van der Waals surface area (Å²) < 4.78 is 13.6. The molecule has 0 aromatic heterocycles. The minimum atomic E-state index is -1.30. The number of hydrogen-bond donors (Lipinski definition) is 2. The predicted molar refractivity (Wildman–Crippen MR) is 105 cm³/mol. The molecule has 2 aromatic carbocycles. The van der Waals surface area contributed by atoms with Crippen molar-refractivity contribution >= 4 is 47.0 Å². The highest BCUT2D eigenvalue weighted by Gasteiger charge is 2.38. The Morgan fingerprint density at radius 2 is 1.89 bits per heavy atom. The first-order valence-corrected chi connectivity index (χ1v) is 8.63. The first-order chi connectivity index (χ1) is 13.4. The molecule has 1 heterocycles. The number of nitrogens with one attached hydrogen (secondary N) is 2. The van der Waals surface area contributed by atoms with Crippen molar-refractivity contribution in [2.45, 2.75) is 6.92 Å².